The van der Waals surface area contributed by atoms with Gasteiger partial charge in [0.1, 0.15) is 11.0 Å². The number of para-hydroxylation sites is 1. The molecule has 1 aliphatic rings. The van der Waals surface area contributed by atoms with Crippen molar-refractivity contribution < 1.29 is 14.7 Å². The predicted octanol–water partition coefficient (Wildman–Crippen LogP) is 2.65. The van der Waals surface area contributed by atoms with Crippen LogP contribution in [0.2, 0.25) is 0 Å². The number of nitrogens with one attached hydrogen (secondary N) is 2. The molecule has 8 heteroatoms. The van der Waals surface area contributed by atoms with Gasteiger partial charge < -0.3 is 15.7 Å². The first-order chi connectivity index (χ1) is 13.0. The molecule has 3 N–H and O–H groups in total. The Morgan fingerprint density at radius 1 is 1.26 bits per heavy atom. The van der Waals surface area contributed by atoms with Gasteiger partial charge in [-0.15, -0.1) is 5.10 Å². The molecule has 138 valence electrons. The molecule has 0 radical (unpaired) electrons. The first kappa shape index (κ1) is 18.7. The van der Waals surface area contributed by atoms with Gasteiger partial charge in [-0.25, -0.2) is 0 Å². The Balaban J connectivity index is 1.56. The summed E-state index contributed by atoms with van der Waals surface area (Å²) < 4.78 is 0. The summed E-state index contributed by atoms with van der Waals surface area (Å²) in [6, 6.07) is 14.1. The minimum atomic E-state index is -0.561. The van der Waals surface area contributed by atoms with Crippen LogP contribution in [-0.2, 0) is 9.59 Å². The summed E-state index contributed by atoms with van der Waals surface area (Å²) in [7, 11) is 0. The molecule has 1 heterocycles. The summed E-state index contributed by atoms with van der Waals surface area (Å²) in [6.45, 7) is 1.97. The van der Waals surface area contributed by atoms with Gasteiger partial charge in [0.15, 0.2) is 5.17 Å². The fourth-order valence-electron chi connectivity index (χ4n) is 2.34. The highest BCUT2D eigenvalue weighted by Gasteiger charge is 2.32. The SMILES string of the molecule is Cc1ccc(NC(=O)CC2S/C(=N/N=C/c3ccccc3O)NC2=O)cc1. The molecule has 1 unspecified atom stereocenters. The minimum absolute atomic E-state index is 0.0343. The topological polar surface area (TPSA) is 103 Å². The largest absolute Gasteiger partial charge is 0.507 e. The van der Waals surface area contributed by atoms with Crippen LogP contribution in [0.5, 0.6) is 5.75 Å². The number of rotatable bonds is 5. The molecule has 2 amide bonds. The maximum atomic E-state index is 12.1. The van der Waals surface area contributed by atoms with Gasteiger partial charge in [-0.05, 0) is 31.2 Å². The molecule has 0 bridgehead atoms. The van der Waals surface area contributed by atoms with Gasteiger partial charge in [-0.1, -0.05) is 41.6 Å². The second-order valence-electron chi connectivity index (χ2n) is 5.92. The number of carbonyl (C=O) groups excluding carboxylic acids is 2. The van der Waals surface area contributed by atoms with Gasteiger partial charge >= 0.3 is 0 Å². The normalized spacial score (nSPS) is 18.0. The van der Waals surface area contributed by atoms with Crippen LogP contribution in [0, 0.1) is 6.92 Å². The van der Waals surface area contributed by atoms with Gasteiger partial charge in [0.2, 0.25) is 11.8 Å². The van der Waals surface area contributed by atoms with Crippen LogP contribution in [0.3, 0.4) is 0 Å². The molecular formula is C19H18N4O3S. The van der Waals surface area contributed by atoms with Crippen LogP contribution < -0.4 is 10.6 Å². The van der Waals surface area contributed by atoms with Crippen molar-refractivity contribution in [3.63, 3.8) is 0 Å². The van der Waals surface area contributed by atoms with Gasteiger partial charge in [-0.3, -0.25) is 9.59 Å². The van der Waals surface area contributed by atoms with Crippen LogP contribution >= 0.6 is 11.8 Å². The predicted molar refractivity (Wildman–Crippen MR) is 107 cm³/mol. The van der Waals surface area contributed by atoms with Crippen molar-refractivity contribution in [3.8, 4) is 5.75 Å². The number of aryl methyl sites for hydroxylation is 1. The highest BCUT2D eigenvalue weighted by molar-refractivity contribution is 8.15. The standard InChI is InChI=1S/C19H18N4O3S/c1-12-6-8-14(9-7-12)21-17(25)10-16-18(26)22-19(27-16)23-20-11-13-4-2-3-5-15(13)24/h2-9,11,16,24H,10H2,1H3,(H,21,25)(H,22,23,26)/b20-11+. The van der Waals surface area contributed by atoms with Crippen molar-refractivity contribution in [2.75, 3.05) is 5.32 Å². The molecule has 0 spiro atoms. The van der Waals surface area contributed by atoms with Crippen molar-refractivity contribution in [2.45, 2.75) is 18.6 Å². The first-order valence-electron chi connectivity index (χ1n) is 8.24. The van der Waals surface area contributed by atoms with Crippen molar-refractivity contribution in [2.24, 2.45) is 10.2 Å². The smallest absolute Gasteiger partial charge is 0.240 e. The second kappa shape index (κ2) is 8.50. The molecule has 2 aromatic rings. The molecule has 27 heavy (non-hydrogen) atoms. The average molecular weight is 382 g/mol. The molecule has 2 aromatic carbocycles. The average Bonchev–Trinajstić information content (AvgIpc) is 2.98. The number of amides is 2. The van der Waals surface area contributed by atoms with Crippen LogP contribution in [0.25, 0.3) is 0 Å². The van der Waals surface area contributed by atoms with Gasteiger partial charge in [0.25, 0.3) is 0 Å². The third kappa shape index (κ3) is 5.18. The lowest BCUT2D eigenvalue weighted by Crippen LogP contribution is -2.28. The highest BCUT2D eigenvalue weighted by atomic mass is 32.2. The van der Waals surface area contributed by atoms with E-state index in [-0.39, 0.29) is 24.0 Å². The number of hydrogen-bond acceptors (Lipinski definition) is 6. The Bertz CT molecular complexity index is 909. The van der Waals surface area contributed by atoms with Crippen molar-refractivity contribution in [1.82, 2.24) is 5.32 Å². The van der Waals surface area contributed by atoms with E-state index in [1.165, 1.54) is 6.21 Å². The molecular weight excluding hydrogens is 364 g/mol. The highest BCUT2D eigenvalue weighted by Crippen LogP contribution is 2.23. The van der Waals surface area contributed by atoms with Crippen LogP contribution in [0.1, 0.15) is 17.5 Å². The molecule has 1 saturated heterocycles. The number of anilines is 1. The van der Waals surface area contributed by atoms with Gasteiger partial charge in [0, 0.05) is 17.7 Å². The Morgan fingerprint density at radius 2 is 2.00 bits per heavy atom. The third-order valence-electron chi connectivity index (χ3n) is 3.76. The summed E-state index contributed by atoms with van der Waals surface area (Å²) >= 11 is 1.15. The number of phenolic OH excluding ortho intramolecular Hbond substituents is 1. The molecule has 1 fully saturated rings. The maximum Gasteiger partial charge on any atom is 0.240 e. The van der Waals surface area contributed by atoms with Gasteiger partial charge in [-0.2, -0.15) is 5.10 Å². The number of phenols is 1. The third-order valence-corrected chi connectivity index (χ3v) is 4.84. The molecule has 0 saturated carbocycles. The van der Waals surface area contributed by atoms with E-state index < -0.39 is 5.25 Å². The van der Waals surface area contributed by atoms with E-state index in [1.807, 2.05) is 31.2 Å². The summed E-state index contributed by atoms with van der Waals surface area (Å²) in [5, 5.41) is 22.6. The Labute approximate surface area is 160 Å². The number of benzene rings is 2. The zero-order valence-electron chi connectivity index (χ0n) is 14.5. The van der Waals surface area contributed by atoms with Crippen molar-refractivity contribution in [3.05, 3.63) is 59.7 Å². The van der Waals surface area contributed by atoms with Crippen molar-refractivity contribution in [1.29, 1.82) is 0 Å². The Kier molecular flexibility index (Phi) is 5.87. The number of hydrogen-bond donors (Lipinski definition) is 3. The monoisotopic (exact) mass is 382 g/mol. The minimum Gasteiger partial charge on any atom is -0.507 e. The quantitative estimate of drug-likeness (QED) is 0.546. The number of nitrogens with zero attached hydrogens (tertiary/aromatic N) is 2. The van der Waals surface area contributed by atoms with E-state index in [9.17, 15) is 14.7 Å². The van der Waals surface area contributed by atoms with E-state index in [4.69, 9.17) is 0 Å². The molecule has 0 aromatic heterocycles. The van der Waals surface area contributed by atoms with E-state index in [1.54, 1.807) is 24.3 Å². The molecule has 0 aliphatic carbocycles. The number of carbonyl (C=O) groups is 2. The summed E-state index contributed by atoms with van der Waals surface area (Å²) in [6.07, 6.45) is 1.43. The number of aromatic hydroxyl groups is 1. The van der Waals surface area contributed by atoms with E-state index in [0.717, 1.165) is 17.3 Å². The van der Waals surface area contributed by atoms with E-state index in [0.29, 0.717) is 16.4 Å². The van der Waals surface area contributed by atoms with E-state index >= 15 is 0 Å². The Hall–Kier alpha value is -3.13. The van der Waals surface area contributed by atoms with Crippen LogP contribution in [0.4, 0.5) is 5.69 Å². The maximum absolute atomic E-state index is 12.1. The molecule has 1 aliphatic heterocycles. The fraction of sp³-hybridized carbons (Fsp3) is 0.158. The van der Waals surface area contributed by atoms with Crippen molar-refractivity contribution >= 4 is 40.6 Å². The molecule has 1 atom stereocenters. The summed E-state index contributed by atoms with van der Waals surface area (Å²) in [4.78, 5) is 24.2. The van der Waals surface area contributed by atoms with E-state index in [2.05, 4.69) is 20.8 Å². The summed E-state index contributed by atoms with van der Waals surface area (Å²) in [5.74, 6) is -0.434. The lowest BCUT2D eigenvalue weighted by molar-refractivity contribution is -0.122. The number of amidine groups is 1. The lowest BCUT2D eigenvalue weighted by Gasteiger charge is -2.07. The fourth-order valence-corrected chi connectivity index (χ4v) is 3.27. The lowest BCUT2D eigenvalue weighted by atomic mass is 10.2. The first-order valence-corrected chi connectivity index (χ1v) is 9.12. The number of thioether (sulfide) groups is 1. The molecule has 7 nitrogen and oxygen atoms in total. The van der Waals surface area contributed by atoms with Crippen LogP contribution in [-0.4, -0.2) is 33.6 Å². The molecule has 3 rings (SSSR count). The van der Waals surface area contributed by atoms with Crippen LogP contribution in [0.15, 0.2) is 58.7 Å². The zero-order valence-corrected chi connectivity index (χ0v) is 15.4. The summed E-state index contributed by atoms with van der Waals surface area (Å²) in [5.41, 5.74) is 2.31. The Morgan fingerprint density at radius 3 is 2.74 bits per heavy atom. The second-order valence-corrected chi connectivity index (χ2v) is 7.11. The zero-order chi connectivity index (χ0) is 19.2. The van der Waals surface area contributed by atoms with Gasteiger partial charge in [0.05, 0.1) is 6.21 Å².